The maximum atomic E-state index is 12.2. The monoisotopic (exact) mass is 347 g/mol. The van der Waals surface area contributed by atoms with Crippen LogP contribution in [0.15, 0.2) is 29.6 Å². The fraction of sp³-hybridized carbons (Fsp3) is 0.412. The Hall–Kier alpha value is -1.96. The number of hydrogen-bond acceptors (Lipinski definition) is 6. The highest BCUT2D eigenvalue weighted by molar-refractivity contribution is 7.13. The maximum Gasteiger partial charge on any atom is 0.270 e. The Labute approximate surface area is 145 Å². The average molecular weight is 347 g/mol. The van der Waals surface area contributed by atoms with Crippen LogP contribution in [-0.2, 0) is 4.74 Å². The molecule has 0 atom stereocenters. The molecule has 2 heterocycles. The van der Waals surface area contributed by atoms with E-state index in [4.69, 9.17) is 9.47 Å². The van der Waals surface area contributed by atoms with Gasteiger partial charge in [0.1, 0.15) is 16.5 Å². The predicted molar refractivity (Wildman–Crippen MR) is 93.7 cm³/mol. The summed E-state index contributed by atoms with van der Waals surface area (Å²) >= 11 is 1.47. The van der Waals surface area contributed by atoms with E-state index in [0.29, 0.717) is 12.2 Å². The van der Waals surface area contributed by atoms with E-state index in [0.717, 1.165) is 49.2 Å². The number of rotatable bonds is 6. The first-order valence-corrected chi connectivity index (χ1v) is 8.82. The third-order valence-corrected chi connectivity index (χ3v) is 4.78. The van der Waals surface area contributed by atoms with Gasteiger partial charge in [0, 0.05) is 37.1 Å². The minimum Gasteiger partial charge on any atom is -0.497 e. The molecule has 24 heavy (non-hydrogen) atoms. The number of amides is 1. The molecule has 1 aromatic heterocycles. The van der Waals surface area contributed by atoms with E-state index in [-0.39, 0.29) is 5.91 Å². The molecule has 1 fully saturated rings. The summed E-state index contributed by atoms with van der Waals surface area (Å²) in [5.74, 6) is 0.677. The summed E-state index contributed by atoms with van der Waals surface area (Å²) in [5.41, 5.74) is 1.45. The minimum absolute atomic E-state index is 0.126. The first-order valence-electron chi connectivity index (χ1n) is 7.94. The van der Waals surface area contributed by atoms with Gasteiger partial charge in [-0.15, -0.1) is 11.3 Å². The van der Waals surface area contributed by atoms with Crippen LogP contribution in [0.25, 0.3) is 10.6 Å². The number of hydrogen-bond donors (Lipinski definition) is 1. The van der Waals surface area contributed by atoms with Crippen LogP contribution in [0, 0.1) is 0 Å². The number of aromatic nitrogens is 1. The molecule has 1 saturated heterocycles. The molecule has 1 aromatic carbocycles. The molecule has 0 aliphatic carbocycles. The summed E-state index contributed by atoms with van der Waals surface area (Å²) in [6, 6.07) is 7.66. The van der Waals surface area contributed by atoms with Crippen molar-refractivity contribution in [1.29, 1.82) is 0 Å². The average Bonchev–Trinajstić information content (AvgIpc) is 3.13. The molecule has 0 radical (unpaired) electrons. The van der Waals surface area contributed by atoms with Gasteiger partial charge in [0.25, 0.3) is 5.91 Å². The number of nitrogens with zero attached hydrogens (tertiary/aromatic N) is 2. The van der Waals surface area contributed by atoms with Gasteiger partial charge in [-0.05, 0) is 24.3 Å². The molecule has 1 amide bonds. The second-order valence-corrected chi connectivity index (χ2v) is 6.33. The minimum atomic E-state index is -0.126. The summed E-state index contributed by atoms with van der Waals surface area (Å²) in [6.45, 7) is 4.84. The zero-order valence-corrected chi connectivity index (χ0v) is 14.5. The normalized spacial score (nSPS) is 15.2. The van der Waals surface area contributed by atoms with Crippen molar-refractivity contribution in [1.82, 2.24) is 15.2 Å². The largest absolute Gasteiger partial charge is 0.497 e. The molecule has 1 aliphatic heterocycles. The van der Waals surface area contributed by atoms with E-state index >= 15 is 0 Å². The summed E-state index contributed by atoms with van der Waals surface area (Å²) in [6.07, 6.45) is 0. The SMILES string of the molecule is COc1ccc(-c2nc(C(=O)NCCN3CCOCC3)cs2)cc1. The van der Waals surface area contributed by atoms with E-state index < -0.39 is 0 Å². The van der Waals surface area contributed by atoms with Crippen molar-refractivity contribution in [2.24, 2.45) is 0 Å². The molecule has 0 bridgehead atoms. The lowest BCUT2D eigenvalue weighted by atomic mass is 10.2. The molecular formula is C17H21N3O3S. The van der Waals surface area contributed by atoms with Gasteiger partial charge in [-0.25, -0.2) is 4.98 Å². The van der Waals surface area contributed by atoms with Gasteiger partial charge < -0.3 is 14.8 Å². The summed E-state index contributed by atoms with van der Waals surface area (Å²) < 4.78 is 10.5. The molecule has 7 heteroatoms. The summed E-state index contributed by atoms with van der Waals surface area (Å²) in [4.78, 5) is 18.9. The third kappa shape index (κ3) is 4.31. The van der Waals surface area contributed by atoms with Crippen LogP contribution >= 0.6 is 11.3 Å². The van der Waals surface area contributed by atoms with E-state index in [9.17, 15) is 4.79 Å². The number of morpholine rings is 1. The van der Waals surface area contributed by atoms with E-state index in [1.165, 1.54) is 11.3 Å². The van der Waals surface area contributed by atoms with Gasteiger partial charge >= 0.3 is 0 Å². The van der Waals surface area contributed by atoms with Crippen LogP contribution in [0.4, 0.5) is 0 Å². The quantitative estimate of drug-likeness (QED) is 0.864. The lowest BCUT2D eigenvalue weighted by Gasteiger charge is -2.26. The Morgan fingerprint density at radius 3 is 2.79 bits per heavy atom. The molecule has 0 unspecified atom stereocenters. The molecular weight excluding hydrogens is 326 g/mol. The second kappa shape index (κ2) is 8.23. The highest BCUT2D eigenvalue weighted by atomic mass is 32.1. The molecule has 1 aliphatic rings. The molecule has 0 spiro atoms. The topological polar surface area (TPSA) is 63.7 Å². The standard InChI is InChI=1S/C17H21N3O3S/c1-22-14-4-2-13(3-5-14)17-19-15(12-24-17)16(21)18-6-7-20-8-10-23-11-9-20/h2-5,12H,6-11H2,1H3,(H,18,21). The number of benzene rings is 1. The van der Waals surface area contributed by atoms with Gasteiger partial charge in [0.05, 0.1) is 20.3 Å². The van der Waals surface area contributed by atoms with Crippen LogP contribution < -0.4 is 10.1 Å². The van der Waals surface area contributed by atoms with Crippen molar-refractivity contribution in [3.05, 3.63) is 35.3 Å². The zero-order chi connectivity index (χ0) is 16.8. The second-order valence-electron chi connectivity index (χ2n) is 5.48. The molecule has 128 valence electrons. The highest BCUT2D eigenvalue weighted by Crippen LogP contribution is 2.25. The van der Waals surface area contributed by atoms with Gasteiger partial charge in [0.15, 0.2) is 0 Å². The van der Waals surface area contributed by atoms with Crippen molar-refractivity contribution >= 4 is 17.2 Å². The Balaban J connectivity index is 1.53. The molecule has 3 rings (SSSR count). The van der Waals surface area contributed by atoms with Gasteiger partial charge in [-0.2, -0.15) is 0 Å². The van der Waals surface area contributed by atoms with Crippen LogP contribution in [-0.4, -0.2) is 62.3 Å². The van der Waals surface area contributed by atoms with Gasteiger partial charge in [-0.3, -0.25) is 9.69 Å². The summed E-state index contributed by atoms with van der Waals surface area (Å²) in [7, 11) is 1.64. The highest BCUT2D eigenvalue weighted by Gasteiger charge is 2.13. The first kappa shape index (κ1) is 16.9. The van der Waals surface area contributed by atoms with Crippen molar-refractivity contribution in [2.75, 3.05) is 46.5 Å². The third-order valence-electron chi connectivity index (χ3n) is 3.89. The van der Waals surface area contributed by atoms with Crippen LogP contribution in [0.5, 0.6) is 5.75 Å². The fourth-order valence-electron chi connectivity index (χ4n) is 2.49. The van der Waals surface area contributed by atoms with Crippen molar-refractivity contribution in [3.63, 3.8) is 0 Å². The Morgan fingerprint density at radius 2 is 2.08 bits per heavy atom. The molecule has 1 N–H and O–H groups in total. The van der Waals surface area contributed by atoms with Crippen molar-refractivity contribution < 1.29 is 14.3 Å². The lowest BCUT2D eigenvalue weighted by molar-refractivity contribution is 0.0383. The number of carbonyl (C=O) groups is 1. The van der Waals surface area contributed by atoms with Crippen LogP contribution in [0.1, 0.15) is 10.5 Å². The summed E-state index contributed by atoms with van der Waals surface area (Å²) in [5, 5.41) is 5.56. The van der Waals surface area contributed by atoms with E-state index in [1.807, 2.05) is 24.3 Å². The Kier molecular flexibility index (Phi) is 5.79. The maximum absolute atomic E-state index is 12.2. The van der Waals surface area contributed by atoms with Gasteiger partial charge in [-0.1, -0.05) is 0 Å². The fourth-order valence-corrected chi connectivity index (χ4v) is 3.29. The van der Waals surface area contributed by atoms with Crippen molar-refractivity contribution in [2.45, 2.75) is 0 Å². The van der Waals surface area contributed by atoms with E-state index in [2.05, 4.69) is 15.2 Å². The predicted octanol–water partition coefficient (Wildman–Crippen LogP) is 1.88. The lowest BCUT2D eigenvalue weighted by Crippen LogP contribution is -2.41. The number of methoxy groups -OCH3 is 1. The van der Waals surface area contributed by atoms with Crippen molar-refractivity contribution in [3.8, 4) is 16.3 Å². The number of thiazole rings is 1. The van der Waals surface area contributed by atoms with Crippen LogP contribution in [0.2, 0.25) is 0 Å². The van der Waals surface area contributed by atoms with E-state index in [1.54, 1.807) is 12.5 Å². The zero-order valence-electron chi connectivity index (χ0n) is 13.7. The smallest absolute Gasteiger partial charge is 0.270 e. The Bertz CT molecular complexity index is 666. The van der Waals surface area contributed by atoms with Gasteiger partial charge in [0.2, 0.25) is 0 Å². The molecule has 6 nitrogen and oxygen atoms in total. The number of carbonyl (C=O) groups excluding carboxylic acids is 1. The first-order chi connectivity index (χ1) is 11.8. The van der Waals surface area contributed by atoms with Crippen LogP contribution in [0.3, 0.4) is 0 Å². The number of ether oxygens (including phenoxy) is 2. The molecule has 2 aromatic rings. The Morgan fingerprint density at radius 1 is 1.33 bits per heavy atom. The number of nitrogens with one attached hydrogen (secondary N) is 1. The molecule has 0 saturated carbocycles.